The lowest BCUT2D eigenvalue weighted by Crippen LogP contribution is -2.40. The van der Waals surface area contributed by atoms with Crippen LogP contribution in [0.1, 0.15) is 30.7 Å². The lowest BCUT2D eigenvalue weighted by atomic mass is 10.1. The maximum Gasteiger partial charge on any atom is 0.256 e. The molecule has 1 aliphatic rings. The molecular weight excluding hydrogens is 266 g/mol. The highest BCUT2D eigenvalue weighted by molar-refractivity contribution is 7.92. The minimum absolute atomic E-state index is 0.00533. The van der Waals surface area contributed by atoms with Gasteiger partial charge in [0.25, 0.3) is 5.95 Å². The minimum atomic E-state index is -3.44. The predicted octanol–water partition coefficient (Wildman–Crippen LogP) is 0.372. The average molecular weight is 285 g/mol. The Labute approximate surface area is 113 Å². The average Bonchev–Trinajstić information content (AvgIpc) is 2.34. The van der Waals surface area contributed by atoms with E-state index in [9.17, 15) is 8.42 Å². The zero-order valence-electron chi connectivity index (χ0n) is 11.2. The van der Waals surface area contributed by atoms with E-state index >= 15 is 0 Å². The van der Waals surface area contributed by atoms with Gasteiger partial charge in [0.2, 0.25) is 10.0 Å². The number of hydrogen-bond acceptors (Lipinski definition) is 6. The fourth-order valence-corrected chi connectivity index (χ4v) is 3.27. The van der Waals surface area contributed by atoms with Crippen molar-refractivity contribution in [2.45, 2.75) is 39.2 Å². The number of aromatic nitrogens is 3. The lowest BCUT2D eigenvalue weighted by molar-refractivity contribution is 0.424. The summed E-state index contributed by atoms with van der Waals surface area (Å²) in [6.07, 6.45) is 3.05. The third-order valence-electron chi connectivity index (χ3n) is 3.17. The van der Waals surface area contributed by atoms with Crippen LogP contribution >= 0.6 is 0 Å². The smallest absolute Gasteiger partial charge is 0.256 e. The van der Waals surface area contributed by atoms with Gasteiger partial charge in [-0.15, -0.1) is 5.10 Å². The van der Waals surface area contributed by atoms with Crippen LogP contribution in [0.4, 0.5) is 5.95 Å². The Morgan fingerprint density at radius 3 is 2.68 bits per heavy atom. The van der Waals surface area contributed by atoms with Crippen molar-refractivity contribution in [3.8, 4) is 0 Å². The molecule has 0 radical (unpaired) electrons. The molecule has 106 valence electrons. The third-order valence-corrected chi connectivity index (χ3v) is 4.51. The highest BCUT2D eigenvalue weighted by Gasteiger charge is 2.21. The minimum Gasteiger partial charge on any atom is -0.313 e. The van der Waals surface area contributed by atoms with Gasteiger partial charge in [0.1, 0.15) is 0 Å². The largest absolute Gasteiger partial charge is 0.313 e. The summed E-state index contributed by atoms with van der Waals surface area (Å²) in [5, 5.41) is 10.8. The number of anilines is 1. The molecule has 0 amide bonds. The Bertz CT molecular complexity index is 540. The number of nitrogens with zero attached hydrogens (tertiary/aromatic N) is 3. The summed E-state index contributed by atoms with van der Waals surface area (Å²) in [7, 11) is -3.44. The topological polar surface area (TPSA) is 96.9 Å². The van der Waals surface area contributed by atoms with Gasteiger partial charge in [-0.3, -0.25) is 0 Å². The summed E-state index contributed by atoms with van der Waals surface area (Å²) in [6.45, 7) is 4.42. The number of sulfonamides is 1. The van der Waals surface area contributed by atoms with Gasteiger partial charge in [-0.25, -0.2) is 18.1 Å². The molecule has 0 spiro atoms. The third kappa shape index (κ3) is 4.10. The molecule has 2 heterocycles. The van der Waals surface area contributed by atoms with Crippen LogP contribution in [0.2, 0.25) is 0 Å². The second-order valence-corrected chi connectivity index (χ2v) is 6.60. The van der Waals surface area contributed by atoms with Crippen molar-refractivity contribution in [3.63, 3.8) is 0 Å². The molecule has 1 aliphatic heterocycles. The molecule has 0 aliphatic carbocycles. The molecule has 1 unspecified atom stereocenters. The van der Waals surface area contributed by atoms with Crippen molar-refractivity contribution in [1.29, 1.82) is 0 Å². The molecule has 8 heteroatoms. The van der Waals surface area contributed by atoms with E-state index in [2.05, 4.69) is 25.2 Å². The van der Waals surface area contributed by atoms with Crippen LogP contribution in [0.15, 0.2) is 0 Å². The van der Waals surface area contributed by atoms with Crippen LogP contribution in [0, 0.1) is 13.8 Å². The first-order valence-electron chi connectivity index (χ1n) is 6.38. The SMILES string of the molecule is Cc1nnc(NS(=O)(=O)CC2CCCCN2)nc1C. The van der Waals surface area contributed by atoms with Crippen LogP contribution in [0.25, 0.3) is 0 Å². The normalized spacial score (nSPS) is 20.2. The van der Waals surface area contributed by atoms with Crippen LogP contribution in [0.5, 0.6) is 0 Å². The zero-order valence-corrected chi connectivity index (χ0v) is 12.0. The maximum absolute atomic E-state index is 12.0. The number of rotatable bonds is 4. The van der Waals surface area contributed by atoms with Gasteiger partial charge in [-0.1, -0.05) is 6.42 Å². The van der Waals surface area contributed by atoms with Crippen molar-refractivity contribution in [1.82, 2.24) is 20.5 Å². The maximum atomic E-state index is 12.0. The van der Waals surface area contributed by atoms with E-state index in [4.69, 9.17) is 0 Å². The van der Waals surface area contributed by atoms with Gasteiger partial charge < -0.3 is 5.32 Å². The summed E-state index contributed by atoms with van der Waals surface area (Å²) in [5.74, 6) is 0.0856. The molecule has 2 N–H and O–H groups in total. The van der Waals surface area contributed by atoms with Crippen LogP contribution in [-0.2, 0) is 10.0 Å². The molecule has 1 aromatic heterocycles. The van der Waals surface area contributed by atoms with Crippen molar-refractivity contribution in [3.05, 3.63) is 11.4 Å². The number of nitrogens with one attached hydrogen (secondary N) is 2. The number of aryl methyl sites for hydroxylation is 2. The van der Waals surface area contributed by atoms with Crippen LogP contribution < -0.4 is 10.0 Å². The monoisotopic (exact) mass is 285 g/mol. The van der Waals surface area contributed by atoms with Crippen molar-refractivity contribution in [2.24, 2.45) is 0 Å². The highest BCUT2D eigenvalue weighted by Crippen LogP contribution is 2.11. The lowest BCUT2D eigenvalue weighted by Gasteiger charge is -2.23. The fraction of sp³-hybridized carbons (Fsp3) is 0.727. The van der Waals surface area contributed by atoms with E-state index < -0.39 is 10.0 Å². The molecule has 0 bridgehead atoms. The molecule has 1 atom stereocenters. The van der Waals surface area contributed by atoms with Gasteiger partial charge >= 0.3 is 0 Å². The Balaban J connectivity index is 2.01. The number of piperidine rings is 1. The van der Waals surface area contributed by atoms with Crippen LogP contribution in [-0.4, -0.2) is 41.9 Å². The quantitative estimate of drug-likeness (QED) is 0.829. The molecule has 1 fully saturated rings. The first-order valence-corrected chi connectivity index (χ1v) is 8.03. The Hall–Kier alpha value is -1.28. The van der Waals surface area contributed by atoms with Crippen molar-refractivity contribution >= 4 is 16.0 Å². The van der Waals surface area contributed by atoms with E-state index in [0.29, 0.717) is 11.4 Å². The Morgan fingerprint density at radius 1 is 1.26 bits per heavy atom. The van der Waals surface area contributed by atoms with Gasteiger partial charge in [-0.2, -0.15) is 5.10 Å². The first kappa shape index (κ1) is 14.1. The predicted molar refractivity (Wildman–Crippen MR) is 72.4 cm³/mol. The van der Waals surface area contributed by atoms with E-state index in [0.717, 1.165) is 25.8 Å². The van der Waals surface area contributed by atoms with Gasteiger partial charge in [-0.05, 0) is 33.2 Å². The molecule has 0 saturated carbocycles. The van der Waals surface area contributed by atoms with Crippen molar-refractivity contribution < 1.29 is 8.42 Å². The molecule has 0 aromatic carbocycles. The van der Waals surface area contributed by atoms with E-state index in [-0.39, 0.29) is 17.7 Å². The standard InChI is InChI=1S/C11H19N5O2S/c1-8-9(2)14-15-11(13-8)16-19(17,18)7-10-5-3-4-6-12-10/h10,12H,3-7H2,1-2H3,(H,13,15,16). The second kappa shape index (κ2) is 5.79. The summed E-state index contributed by atoms with van der Waals surface area (Å²) in [4.78, 5) is 4.07. The van der Waals surface area contributed by atoms with E-state index in [1.807, 2.05) is 0 Å². The summed E-state index contributed by atoms with van der Waals surface area (Å²) >= 11 is 0. The van der Waals surface area contributed by atoms with Gasteiger partial charge in [0, 0.05) is 6.04 Å². The Kier molecular flexibility index (Phi) is 4.31. The molecule has 7 nitrogen and oxygen atoms in total. The van der Waals surface area contributed by atoms with Crippen LogP contribution in [0.3, 0.4) is 0 Å². The number of hydrogen-bond donors (Lipinski definition) is 2. The second-order valence-electron chi connectivity index (χ2n) is 4.84. The first-order chi connectivity index (χ1) is 8.96. The van der Waals surface area contributed by atoms with Gasteiger partial charge in [0.15, 0.2) is 0 Å². The molecule has 1 aromatic rings. The summed E-state index contributed by atoms with van der Waals surface area (Å²) in [5.41, 5.74) is 1.36. The molecule has 1 saturated heterocycles. The van der Waals surface area contributed by atoms with Crippen molar-refractivity contribution in [2.75, 3.05) is 17.0 Å². The van der Waals surface area contributed by atoms with E-state index in [1.165, 1.54) is 0 Å². The molecule has 2 rings (SSSR count). The molecule has 19 heavy (non-hydrogen) atoms. The highest BCUT2D eigenvalue weighted by atomic mass is 32.2. The summed E-state index contributed by atoms with van der Waals surface area (Å²) < 4.78 is 26.4. The van der Waals surface area contributed by atoms with Gasteiger partial charge in [0.05, 0.1) is 17.1 Å². The fourth-order valence-electron chi connectivity index (χ4n) is 2.01. The summed E-state index contributed by atoms with van der Waals surface area (Å²) in [6, 6.07) is 0.00533. The zero-order chi connectivity index (χ0) is 13.9. The Morgan fingerprint density at radius 2 is 2.05 bits per heavy atom. The molecular formula is C11H19N5O2S. The van der Waals surface area contributed by atoms with E-state index in [1.54, 1.807) is 13.8 Å².